The molecule has 1 saturated heterocycles. The van der Waals surface area contributed by atoms with Crippen LogP contribution in [0.15, 0.2) is 24.3 Å². The molecular formula is C15H19FO2. The Bertz CT molecular complexity index is 420. The third kappa shape index (κ3) is 1.95. The molecule has 2 fully saturated rings. The fourth-order valence-corrected chi connectivity index (χ4v) is 3.39. The van der Waals surface area contributed by atoms with Gasteiger partial charge in [-0.2, -0.15) is 0 Å². The SMILES string of the molecule is OC1CCC(C2(c3cccc(F)c3)COC2)CC1. The maximum absolute atomic E-state index is 13.4. The molecule has 0 unspecified atom stereocenters. The summed E-state index contributed by atoms with van der Waals surface area (Å²) in [5.74, 6) is 0.339. The molecule has 1 N–H and O–H groups in total. The van der Waals surface area contributed by atoms with E-state index in [1.165, 1.54) is 6.07 Å². The fourth-order valence-electron chi connectivity index (χ4n) is 3.39. The van der Waals surface area contributed by atoms with E-state index >= 15 is 0 Å². The first-order valence-corrected chi connectivity index (χ1v) is 6.72. The van der Waals surface area contributed by atoms with E-state index in [2.05, 4.69) is 0 Å². The van der Waals surface area contributed by atoms with Gasteiger partial charge < -0.3 is 9.84 Å². The van der Waals surface area contributed by atoms with Crippen molar-refractivity contribution < 1.29 is 14.2 Å². The normalized spacial score (nSPS) is 30.8. The van der Waals surface area contributed by atoms with Crippen molar-refractivity contribution in [3.05, 3.63) is 35.6 Å². The van der Waals surface area contributed by atoms with Crippen LogP contribution in [0.4, 0.5) is 4.39 Å². The highest BCUT2D eigenvalue weighted by Crippen LogP contribution is 2.46. The van der Waals surface area contributed by atoms with Crippen molar-refractivity contribution >= 4 is 0 Å². The van der Waals surface area contributed by atoms with E-state index < -0.39 is 0 Å². The standard InChI is InChI=1S/C15H19FO2/c16-13-3-1-2-12(8-13)15(9-18-10-15)11-4-6-14(17)7-5-11/h1-3,8,11,14,17H,4-7,9-10H2. The topological polar surface area (TPSA) is 29.5 Å². The number of rotatable bonds is 2. The quantitative estimate of drug-likeness (QED) is 0.874. The van der Waals surface area contributed by atoms with Crippen LogP contribution in [0.5, 0.6) is 0 Å². The highest BCUT2D eigenvalue weighted by atomic mass is 19.1. The first-order chi connectivity index (χ1) is 8.71. The molecule has 1 aliphatic heterocycles. The molecular weight excluding hydrogens is 231 g/mol. The molecule has 0 atom stereocenters. The van der Waals surface area contributed by atoms with Gasteiger partial charge in [-0.15, -0.1) is 0 Å². The zero-order chi connectivity index (χ0) is 12.6. The second kappa shape index (κ2) is 4.63. The van der Waals surface area contributed by atoms with Gasteiger partial charge in [-0.05, 0) is 49.3 Å². The summed E-state index contributed by atoms with van der Waals surface area (Å²) >= 11 is 0. The summed E-state index contributed by atoms with van der Waals surface area (Å²) in [5.41, 5.74) is 1.05. The van der Waals surface area contributed by atoms with Crippen LogP contribution in [-0.2, 0) is 10.2 Å². The molecule has 3 rings (SSSR count). The average Bonchev–Trinajstić information content (AvgIpc) is 2.30. The molecule has 2 nitrogen and oxygen atoms in total. The monoisotopic (exact) mass is 250 g/mol. The Kier molecular flexibility index (Phi) is 3.12. The Balaban J connectivity index is 1.86. The Hall–Kier alpha value is -0.930. The molecule has 98 valence electrons. The van der Waals surface area contributed by atoms with Gasteiger partial charge in [0.2, 0.25) is 0 Å². The van der Waals surface area contributed by atoms with Crippen molar-refractivity contribution in [2.75, 3.05) is 13.2 Å². The van der Waals surface area contributed by atoms with Crippen LogP contribution in [0.1, 0.15) is 31.2 Å². The van der Waals surface area contributed by atoms with Crippen LogP contribution in [0.25, 0.3) is 0 Å². The third-order valence-corrected chi connectivity index (χ3v) is 4.60. The predicted octanol–water partition coefficient (Wildman–Crippen LogP) is 2.64. The number of hydrogen-bond donors (Lipinski definition) is 1. The van der Waals surface area contributed by atoms with E-state index in [0.29, 0.717) is 19.1 Å². The van der Waals surface area contributed by atoms with Crippen molar-refractivity contribution in [2.24, 2.45) is 5.92 Å². The molecule has 1 saturated carbocycles. The molecule has 1 aromatic carbocycles. The van der Waals surface area contributed by atoms with Gasteiger partial charge in [0.15, 0.2) is 0 Å². The summed E-state index contributed by atoms with van der Waals surface area (Å²) in [5, 5.41) is 9.61. The number of benzene rings is 1. The first kappa shape index (κ1) is 12.1. The minimum atomic E-state index is -0.172. The number of hydrogen-bond acceptors (Lipinski definition) is 2. The van der Waals surface area contributed by atoms with Crippen molar-refractivity contribution in [1.29, 1.82) is 0 Å². The molecule has 0 spiro atoms. The van der Waals surface area contributed by atoms with Crippen LogP contribution >= 0.6 is 0 Å². The highest BCUT2D eigenvalue weighted by Gasteiger charge is 2.47. The molecule has 1 aliphatic carbocycles. The van der Waals surface area contributed by atoms with Gasteiger partial charge in [-0.3, -0.25) is 0 Å². The zero-order valence-electron chi connectivity index (χ0n) is 10.4. The molecule has 0 amide bonds. The van der Waals surface area contributed by atoms with Crippen LogP contribution < -0.4 is 0 Å². The van der Waals surface area contributed by atoms with Crippen molar-refractivity contribution in [3.63, 3.8) is 0 Å². The number of halogens is 1. The second-order valence-corrected chi connectivity index (χ2v) is 5.66. The van der Waals surface area contributed by atoms with Gasteiger partial charge in [0.25, 0.3) is 0 Å². The lowest BCUT2D eigenvalue weighted by Crippen LogP contribution is -2.53. The van der Waals surface area contributed by atoms with Crippen molar-refractivity contribution in [1.82, 2.24) is 0 Å². The Morgan fingerprint density at radius 1 is 1.17 bits per heavy atom. The van der Waals surface area contributed by atoms with Gasteiger partial charge in [0.1, 0.15) is 5.82 Å². The van der Waals surface area contributed by atoms with Gasteiger partial charge in [0, 0.05) is 5.41 Å². The van der Waals surface area contributed by atoms with E-state index in [0.717, 1.165) is 31.2 Å². The lowest BCUT2D eigenvalue weighted by atomic mass is 9.63. The third-order valence-electron chi connectivity index (χ3n) is 4.60. The van der Waals surface area contributed by atoms with Crippen LogP contribution in [0.3, 0.4) is 0 Å². The van der Waals surface area contributed by atoms with Gasteiger partial charge in [0.05, 0.1) is 19.3 Å². The summed E-state index contributed by atoms with van der Waals surface area (Å²) in [4.78, 5) is 0. The summed E-state index contributed by atoms with van der Waals surface area (Å²) in [6, 6.07) is 6.92. The molecule has 1 heterocycles. The van der Waals surface area contributed by atoms with Crippen LogP contribution in [0.2, 0.25) is 0 Å². The average molecular weight is 250 g/mol. The van der Waals surface area contributed by atoms with Crippen molar-refractivity contribution in [2.45, 2.75) is 37.2 Å². The smallest absolute Gasteiger partial charge is 0.123 e. The second-order valence-electron chi connectivity index (χ2n) is 5.66. The molecule has 18 heavy (non-hydrogen) atoms. The molecule has 1 aromatic rings. The zero-order valence-corrected chi connectivity index (χ0v) is 10.4. The van der Waals surface area contributed by atoms with E-state index in [4.69, 9.17) is 4.74 Å². The number of aliphatic hydroxyl groups excluding tert-OH is 1. The van der Waals surface area contributed by atoms with Gasteiger partial charge in [-0.1, -0.05) is 12.1 Å². The Labute approximate surface area is 107 Å². The predicted molar refractivity (Wildman–Crippen MR) is 66.9 cm³/mol. The molecule has 2 aliphatic rings. The fraction of sp³-hybridized carbons (Fsp3) is 0.600. The van der Waals surface area contributed by atoms with E-state index in [-0.39, 0.29) is 17.3 Å². The summed E-state index contributed by atoms with van der Waals surface area (Å²) in [6.45, 7) is 1.38. The Morgan fingerprint density at radius 2 is 1.89 bits per heavy atom. The van der Waals surface area contributed by atoms with Crippen LogP contribution in [-0.4, -0.2) is 24.4 Å². The van der Waals surface area contributed by atoms with E-state index in [1.807, 2.05) is 6.07 Å². The highest BCUT2D eigenvalue weighted by molar-refractivity contribution is 5.30. The van der Waals surface area contributed by atoms with E-state index in [9.17, 15) is 9.50 Å². The molecule has 3 heteroatoms. The maximum Gasteiger partial charge on any atom is 0.123 e. The van der Waals surface area contributed by atoms with Crippen molar-refractivity contribution in [3.8, 4) is 0 Å². The lowest BCUT2D eigenvalue weighted by molar-refractivity contribution is -0.103. The Morgan fingerprint density at radius 3 is 2.44 bits per heavy atom. The van der Waals surface area contributed by atoms with E-state index in [1.54, 1.807) is 12.1 Å². The first-order valence-electron chi connectivity index (χ1n) is 6.72. The summed E-state index contributed by atoms with van der Waals surface area (Å²) in [7, 11) is 0. The molecule has 0 bridgehead atoms. The lowest BCUT2D eigenvalue weighted by Gasteiger charge is -2.49. The maximum atomic E-state index is 13.4. The van der Waals surface area contributed by atoms with Crippen LogP contribution in [0, 0.1) is 11.7 Å². The number of aliphatic hydroxyl groups is 1. The van der Waals surface area contributed by atoms with Gasteiger partial charge in [-0.25, -0.2) is 4.39 Å². The number of ether oxygens (including phenoxy) is 1. The molecule has 0 aromatic heterocycles. The molecule has 0 radical (unpaired) electrons. The largest absolute Gasteiger partial charge is 0.393 e. The van der Waals surface area contributed by atoms with Gasteiger partial charge >= 0.3 is 0 Å². The minimum Gasteiger partial charge on any atom is -0.393 e. The summed E-state index contributed by atoms with van der Waals surface area (Å²) < 4.78 is 18.8. The minimum absolute atomic E-state index is 0.0117. The summed E-state index contributed by atoms with van der Waals surface area (Å²) in [6.07, 6.45) is 3.61.